The summed E-state index contributed by atoms with van der Waals surface area (Å²) < 4.78 is 5.39. The van der Waals surface area contributed by atoms with Crippen LogP contribution in [0.25, 0.3) is 0 Å². The summed E-state index contributed by atoms with van der Waals surface area (Å²) in [5.74, 6) is 0. The molecule has 92 valence electrons. The van der Waals surface area contributed by atoms with Crippen molar-refractivity contribution < 1.29 is 9.53 Å². The van der Waals surface area contributed by atoms with Crippen LogP contribution in [-0.4, -0.2) is 47.3 Å². The Morgan fingerprint density at radius 1 is 1.19 bits per heavy atom. The largest absolute Gasteiger partial charge is 0.444 e. The Balaban J connectivity index is 1.87. The number of amides is 1. The highest BCUT2D eigenvalue weighted by atomic mass is 16.6. The maximum absolute atomic E-state index is 11.9. The maximum Gasteiger partial charge on any atom is 0.411 e. The SMILES string of the molecule is CC(C)(C)OC(=O)N1CCC1N1CCCC1. The van der Waals surface area contributed by atoms with E-state index in [1.54, 1.807) is 0 Å². The lowest BCUT2D eigenvalue weighted by Crippen LogP contribution is -2.59. The molecule has 0 aromatic rings. The first kappa shape index (κ1) is 11.7. The number of carbonyl (C=O) groups is 1. The number of hydrogen-bond acceptors (Lipinski definition) is 3. The summed E-state index contributed by atoms with van der Waals surface area (Å²) >= 11 is 0. The number of carbonyl (C=O) groups excluding carboxylic acids is 1. The molecule has 4 heteroatoms. The molecule has 2 fully saturated rings. The standard InChI is InChI=1S/C12H22N2O2/c1-12(2,3)16-11(15)14-9-6-10(14)13-7-4-5-8-13/h10H,4-9H2,1-3H3. The van der Waals surface area contributed by atoms with Gasteiger partial charge in [0.15, 0.2) is 0 Å². The average molecular weight is 226 g/mol. The second kappa shape index (κ2) is 4.24. The fourth-order valence-electron chi connectivity index (χ4n) is 2.33. The molecular weight excluding hydrogens is 204 g/mol. The lowest BCUT2D eigenvalue weighted by atomic mass is 10.1. The summed E-state index contributed by atoms with van der Waals surface area (Å²) in [7, 11) is 0. The molecule has 0 bridgehead atoms. The van der Waals surface area contributed by atoms with E-state index in [4.69, 9.17) is 4.74 Å². The zero-order chi connectivity index (χ0) is 11.8. The van der Waals surface area contributed by atoms with Crippen molar-refractivity contribution in [2.45, 2.75) is 51.8 Å². The molecule has 1 amide bonds. The van der Waals surface area contributed by atoms with Crippen molar-refractivity contribution in [1.29, 1.82) is 0 Å². The molecule has 0 aliphatic carbocycles. The van der Waals surface area contributed by atoms with Crippen LogP contribution in [0.3, 0.4) is 0 Å². The van der Waals surface area contributed by atoms with Gasteiger partial charge in [-0.15, -0.1) is 0 Å². The average Bonchev–Trinajstić information content (AvgIpc) is 2.50. The molecule has 2 saturated heterocycles. The van der Waals surface area contributed by atoms with Gasteiger partial charge in [-0.2, -0.15) is 0 Å². The van der Waals surface area contributed by atoms with Crippen molar-refractivity contribution in [3.63, 3.8) is 0 Å². The third-order valence-electron chi connectivity index (χ3n) is 3.18. The van der Waals surface area contributed by atoms with E-state index in [0.29, 0.717) is 6.17 Å². The van der Waals surface area contributed by atoms with E-state index in [-0.39, 0.29) is 11.7 Å². The number of rotatable bonds is 1. The third kappa shape index (κ3) is 2.48. The molecular formula is C12H22N2O2. The molecule has 2 aliphatic heterocycles. The van der Waals surface area contributed by atoms with Crippen molar-refractivity contribution in [1.82, 2.24) is 9.80 Å². The maximum atomic E-state index is 11.9. The van der Waals surface area contributed by atoms with Crippen molar-refractivity contribution in [3.8, 4) is 0 Å². The van der Waals surface area contributed by atoms with Gasteiger partial charge in [0.1, 0.15) is 5.60 Å². The minimum Gasteiger partial charge on any atom is -0.444 e. The van der Waals surface area contributed by atoms with Crippen LogP contribution in [0.15, 0.2) is 0 Å². The Hall–Kier alpha value is -0.770. The van der Waals surface area contributed by atoms with Gasteiger partial charge >= 0.3 is 6.09 Å². The van der Waals surface area contributed by atoms with E-state index < -0.39 is 0 Å². The second-order valence-corrected chi connectivity index (χ2v) is 5.69. The Kier molecular flexibility index (Phi) is 3.10. The van der Waals surface area contributed by atoms with Gasteiger partial charge in [0.25, 0.3) is 0 Å². The molecule has 0 aromatic carbocycles. The number of nitrogens with zero attached hydrogens (tertiary/aromatic N) is 2. The zero-order valence-electron chi connectivity index (χ0n) is 10.5. The molecule has 0 spiro atoms. The Morgan fingerprint density at radius 2 is 1.81 bits per heavy atom. The molecule has 1 atom stereocenters. The quantitative estimate of drug-likeness (QED) is 0.686. The molecule has 0 aromatic heterocycles. The lowest BCUT2D eigenvalue weighted by molar-refractivity contribution is -0.0466. The second-order valence-electron chi connectivity index (χ2n) is 5.69. The first-order valence-corrected chi connectivity index (χ1v) is 6.21. The highest BCUT2D eigenvalue weighted by Gasteiger charge is 2.39. The van der Waals surface area contributed by atoms with Gasteiger partial charge in [-0.05, 0) is 40.0 Å². The van der Waals surface area contributed by atoms with Crippen LogP contribution in [-0.2, 0) is 4.74 Å². The van der Waals surface area contributed by atoms with E-state index in [2.05, 4.69) is 4.90 Å². The van der Waals surface area contributed by atoms with Crippen LogP contribution in [0.5, 0.6) is 0 Å². The van der Waals surface area contributed by atoms with E-state index in [0.717, 1.165) is 26.1 Å². The summed E-state index contributed by atoms with van der Waals surface area (Å²) in [6, 6.07) is 0. The third-order valence-corrected chi connectivity index (χ3v) is 3.18. The number of hydrogen-bond donors (Lipinski definition) is 0. The highest BCUT2D eigenvalue weighted by Crippen LogP contribution is 2.26. The van der Waals surface area contributed by atoms with Gasteiger partial charge in [0, 0.05) is 19.6 Å². The molecule has 0 N–H and O–H groups in total. The molecule has 2 aliphatic rings. The van der Waals surface area contributed by atoms with Crippen molar-refractivity contribution in [2.24, 2.45) is 0 Å². The summed E-state index contributed by atoms with van der Waals surface area (Å²) in [6.45, 7) is 8.84. The van der Waals surface area contributed by atoms with Crippen molar-refractivity contribution in [2.75, 3.05) is 19.6 Å². The molecule has 0 saturated carbocycles. The lowest BCUT2D eigenvalue weighted by Gasteiger charge is -2.45. The molecule has 16 heavy (non-hydrogen) atoms. The molecule has 1 unspecified atom stereocenters. The summed E-state index contributed by atoms with van der Waals surface area (Å²) in [5, 5.41) is 0. The molecule has 0 radical (unpaired) electrons. The van der Waals surface area contributed by atoms with Crippen molar-refractivity contribution >= 4 is 6.09 Å². The van der Waals surface area contributed by atoms with Gasteiger partial charge in [0.05, 0.1) is 6.17 Å². The van der Waals surface area contributed by atoms with E-state index in [9.17, 15) is 4.79 Å². The summed E-state index contributed by atoms with van der Waals surface area (Å²) in [5.41, 5.74) is -0.387. The van der Waals surface area contributed by atoms with E-state index in [1.807, 2.05) is 25.7 Å². The topological polar surface area (TPSA) is 32.8 Å². The zero-order valence-corrected chi connectivity index (χ0v) is 10.5. The highest BCUT2D eigenvalue weighted by molar-refractivity contribution is 5.69. The number of ether oxygens (including phenoxy) is 1. The van der Waals surface area contributed by atoms with Crippen LogP contribution in [0.4, 0.5) is 4.79 Å². The predicted octanol–water partition coefficient (Wildman–Crippen LogP) is 2.05. The normalized spacial score (nSPS) is 26.7. The molecule has 2 heterocycles. The van der Waals surface area contributed by atoms with E-state index in [1.165, 1.54) is 12.8 Å². The fourth-order valence-corrected chi connectivity index (χ4v) is 2.33. The van der Waals surface area contributed by atoms with Crippen LogP contribution >= 0.6 is 0 Å². The molecule has 4 nitrogen and oxygen atoms in total. The van der Waals surface area contributed by atoms with Crippen LogP contribution < -0.4 is 0 Å². The summed E-state index contributed by atoms with van der Waals surface area (Å²) in [6.07, 6.45) is 3.77. The minimum atomic E-state index is -0.387. The van der Waals surface area contributed by atoms with Gasteiger partial charge < -0.3 is 4.74 Å². The Bertz CT molecular complexity index is 267. The Morgan fingerprint density at radius 3 is 2.25 bits per heavy atom. The Labute approximate surface area is 97.5 Å². The van der Waals surface area contributed by atoms with Crippen LogP contribution in [0, 0.1) is 0 Å². The van der Waals surface area contributed by atoms with Gasteiger partial charge in [-0.1, -0.05) is 0 Å². The van der Waals surface area contributed by atoms with Gasteiger partial charge in [-0.25, -0.2) is 4.79 Å². The summed E-state index contributed by atoms with van der Waals surface area (Å²) in [4.78, 5) is 16.1. The first-order valence-electron chi connectivity index (χ1n) is 6.21. The first-order chi connectivity index (χ1) is 7.47. The monoisotopic (exact) mass is 226 g/mol. The van der Waals surface area contributed by atoms with Crippen molar-refractivity contribution in [3.05, 3.63) is 0 Å². The fraction of sp³-hybridized carbons (Fsp3) is 0.917. The van der Waals surface area contributed by atoms with E-state index >= 15 is 0 Å². The molecule has 2 rings (SSSR count). The predicted molar refractivity (Wildman–Crippen MR) is 62.2 cm³/mol. The van der Waals surface area contributed by atoms with Crippen LogP contribution in [0.2, 0.25) is 0 Å². The van der Waals surface area contributed by atoms with Gasteiger partial charge in [0.2, 0.25) is 0 Å². The van der Waals surface area contributed by atoms with Crippen LogP contribution in [0.1, 0.15) is 40.0 Å². The smallest absolute Gasteiger partial charge is 0.411 e. The minimum absolute atomic E-state index is 0.157. The van der Waals surface area contributed by atoms with Gasteiger partial charge in [-0.3, -0.25) is 9.80 Å². The number of likely N-dealkylation sites (tertiary alicyclic amines) is 2.